The van der Waals surface area contributed by atoms with Gasteiger partial charge in [-0.05, 0) is 53.7 Å². The summed E-state index contributed by atoms with van der Waals surface area (Å²) in [5, 5.41) is 0. The summed E-state index contributed by atoms with van der Waals surface area (Å²) in [6, 6.07) is 4.12. The van der Waals surface area contributed by atoms with Gasteiger partial charge in [0, 0.05) is 16.6 Å². The molecule has 2 rings (SSSR count). The molecule has 1 aliphatic rings. The third kappa shape index (κ3) is 4.57. The Morgan fingerprint density at radius 1 is 1.29 bits per heavy atom. The quantitative estimate of drug-likeness (QED) is 0.684. The van der Waals surface area contributed by atoms with E-state index in [4.69, 9.17) is 10.5 Å². The summed E-state index contributed by atoms with van der Waals surface area (Å²) in [5.41, 5.74) is 8.47. The highest BCUT2D eigenvalue weighted by Gasteiger charge is 2.18. The third-order valence-electron chi connectivity index (χ3n) is 4.03. The second kappa shape index (κ2) is 8.35. The van der Waals surface area contributed by atoms with Crippen molar-refractivity contribution < 1.29 is 4.74 Å². The van der Waals surface area contributed by atoms with Crippen molar-refractivity contribution in [2.75, 3.05) is 13.2 Å². The minimum absolute atomic E-state index is 0.625. The van der Waals surface area contributed by atoms with Gasteiger partial charge in [-0.3, -0.25) is 0 Å². The van der Waals surface area contributed by atoms with Crippen molar-refractivity contribution in [3.8, 4) is 5.75 Å². The van der Waals surface area contributed by atoms with Crippen molar-refractivity contribution in [3.05, 3.63) is 32.2 Å². The Hall–Kier alpha value is -0.320. The van der Waals surface area contributed by atoms with Gasteiger partial charge in [-0.15, -0.1) is 0 Å². The molecule has 0 unspecified atom stereocenters. The number of nitrogens with two attached hydrogens (primary N) is 1. The fourth-order valence-corrected chi connectivity index (χ4v) is 4.37. The molecule has 0 atom stereocenters. The van der Waals surface area contributed by atoms with Gasteiger partial charge in [-0.25, -0.2) is 0 Å². The lowest BCUT2D eigenvalue weighted by Gasteiger charge is -2.24. The minimum atomic E-state index is 0.625. The molecule has 0 saturated heterocycles. The lowest BCUT2D eigenvalue weighted by Crippen LogP contribution is -2.16. The minimum Gasteiger partial charge on any atom is -0.492 e. The molecule has 0 spiro atoms. The van der Waals surface area contributed by atoms with E-state index in [0.29, 0.717) is 19.1 Å². The molecule has 1 saturated carbocycles. The molecule has 0 aliphatic heterocycles. The molecule has 1 aliphatic carbocycles. The molecule has 116 valence electrons. The van der Waals surface area contributed by atoms with E-state index in [1.54, 1.807) is 0 Å². The van der Waals surface area contributed by atoms with Crippen LogP contribution in [0.3, 0.4) is 0 Å². The van der Waals surface area contributed by atoms with Crippen molar-refractivity contribution in [3.63, 3.8) is 0 Å². The standard InChI is InChI=1S/C17H23Br2NO/c1-2-21-17-13(9-15(18)10-16(17)19)8-14(11-20)12-6-4-3-5-7-12/h8-10,12H,2-7,11,20H2,1H3/b14-8-. The Morgan fingerprint density at radius 3 is 2.62 bits per heavy atom. The Balaban J connectivity index is 2.35. The van der Waals surface area contributed by atoms with Gasteiger partial charge in [-0.2, -0.15) is 0 Å². The Morgan fingerprint density at radius 2 is 2.00 bits per heavy atom. The summed E-state index contributed by atoms with van der Waals surface area (Å²) in [5.74, 6) is 1.54. The molecule has 2 nitrogen and oxygen atoms in total. The third-order valence-corrected chi connectivity index (χ3v) is 5.08. The van der Waals surface area contributed by atoms with Gasteiger partial charge < -0.3 is 10.5 Å². The summed E-state index contributed by atoms with van der Waals surface area (Å²) in [6.07, 6.45) is 8.77. The van der Waals surface area contributed by atoms with Crippen molar-refractivity contribution in [2.24, 2.45) is 11.7 Å². The molecule has 21 heavy (non-hydrogen) atoms. The Labute approximate surface area is 144 Å². The van der Waals surface area contributed by atoms with Gasteiger partial charge in [0.25, 0.3) is 0 Å². The Bertz CT molecular complexity index is 508. The first kappa shape index (κ1) is 17.0. The molecule has 0 amide bonds. The smallest absolute Gasteiger partial charge is 0.140 e. The van der Waals surface area contributed by atoms with E-state index in [-0.39, 0.29) is 0 Å². The highest BCUT2D eigenvalue weighted by molar-refractivity contribution is 9.11. The highest BCUT2D eigenvalue weighted by atomic mass is 79.9. The van der Waals surface area contributed by atoms with Crippen LogP contribution in [0.4, 0.5) is 0 Å². The molecular weight excluding hydrogens is 394 g/mol. The molecule has 0 aromatic heterocycles. The SMILES string of the molecule is CCOc1c(Br)cc(Br)cc1/C=C(/CN)C1CCCCC1. The zero-order valence-corrected chi connectivity index (χ0v) is 15.7. The maximum absolute atomic E-state index is 6.02. The zero-order valence-electron chi connectivity index (χ0n) is 12.5. The van der Waals surface area contributed by atoms with Crippen LogP contribution in [0.2, 0.25) is 0 Å². The van der Waals surface area contributed by atoms with Crippen LogP contribution in [0, 0.1) is 5.92 Å². The molecule has 1 aromatic rings. The van der Waals surface area contributed by atoms with Crippen LogP contribution >= 0.6 is 31.9 Å². The van der Waals surface area contributed by atoms with Crippen LogP contribution in [0.25, 0.3) is 6.08 Å². The molecule has 1 fully saturated rings. The van der Waals surface area contributed by atoms with Crippen molar-refractivity contribution in [1.82, 2.24) is 0 Å². The predicted molar refractivity (Wildman–Crippen MR) is 96.6 cm³/mol. The van der Waals surface area contributed by atoms with Gasteiger partial charge >= 0.3 is 0 Å². The zero-order chi connectivity index (χ0) is 15.2. The number of rotatable bonds is 5. The van der Waals surface area contributed by atoms with E-state index >= 15 is 0 Å². The Kier molecular flexibility index (Phi) is 6.77. The van der Waals surface area contributed by atoms with Gasteiger partial charge in [0.2, 0.25) is 0 Å². The molecule has 4 heteroatoms. The van der Waals surface area contributed by atoms with Crippen LogP contribution in [0.5, 0.6) is 5.75 Å². The average molecular weight is 417 g/mol. The molecular formula is C17H23Br2NO. The summed E-state index contributed by atoms with van der Waals surface area (Å²) >= 11 is 7.15. The lowest BCUT2D eigenvalue weighted by molar-refractivity contribution is 0.337. The number of hydrogen-bond donors (Lipinski definition) is 1. The summed E-state index contributed by atoms with van der Waals surface area (Å²) < 4.78 is 7.82. The predicted octanol–water partition coefficient (Wildman–Crippen LogP) is 5.53. The van der Waals surface area contributed by atoms with Crippen LogP contribution in [0.1, 0.15) is 44.6 Å². The second-order valence-electron chi connectivity index (χ2n) is 5.50. The maximum atomic E-state index is 6.02. The molecule has 2 N–H and O–H groups in total. The second-order valence-corrected chi connectivity index (χ2v) is 7.27. The molecule has 0 bridgehead atoms. The normalized spacial score (nSPS) is 17.0. The number of halogens is 2. The van der Waals surface area contributed by atoms with E-state index in [2.05, 4.69) is 44.0 Å². The van der Waals surface area contributed by atoms with E-state index < -0.39 is 0 Å². The highest BCUT2D eigenvalue weighted by Crippen LogP contribution is 2.36. The van der Waals surface area contributed by atoms with Crippen LogP contribution in [-0.2, 0) is 0 Å². The van der Waals surface area contributed by atoms with E-state index in [1.165, 1.54) is 37.7 Å². The number of benzene rings is 1. The summed E-state index contributed by atoms with van der Waals surface area (Å²) in [6.45, 7) is 3.29. The average Bonchev–Trinajstić information content (AvgIpc) is 2.49. The van der Waals surface area contributed by atoms with Gasteiger partial charge in [0.1, 0.15) is 5.75 Å². The fourth-order valence-electron chi connectivity index (χ4n) is 3.00. The van der Waals surface area contributed by atoms with Gasteiger partial charge in [0.05, 0.1) is 11.1 Å². The summed E-state index contributed by atoms with van der Waals surface area (Å²) in [4.78, 5) is 0. The first-order valence-electron chi connectivity index (χ1n) is 7.68. The summed E-state index contributed by atoms with van der Waals surface area (Å²) in [7, 11) is 0. The van der Waals surface area contributed by atoms with Crippen molar-refractivity contribution in [2.45, 2.75) is 39.0 Å². The van der Waals surface area contributed by atoms with Crippen LogP contribution in [0.15, 0.2) is 26.7 Å². The van der Waals surface area contributed by atoms with Crippen LogP contribution < -0.4 is 10.5 Å². The van der Waals surface area contributed by atoms with E-state index in [9.17, 15) is 0 Å². The first-order valence-corrected chi connectivity index (χ1v) is 9.26. The van der Waals surface area contributed by atoms with E-state index in [1.807, 2.05) is 13.0 Å². The monoisotopic (exact) mass is 415 g/mol. The maximum Gasteiger partial charge on any atom is 0.140 e. The molecule has 0 heterocycles. The number of hydrogen-bond acceptors (Lipinski definition) is 2. The lowest BCUT2D eigenvalue weighted by atomic mass is 9.83. The van der Waals surface area contributed by atoms with E-state index in [0.717, 1.165) is 20.3 Å². The fraction of sp³-hybridized carbons (Fsp3) is 0.529. The van der Waals surface area contributed by atoms with Gasteiger partial charge in [-0.1, -0.05) is 46.8 Å². The molecule has 1 aromatic carbocycles. The van der Waals surface area contributed by atoms with Crippen molar-refractivity contribution >= 4 is 37.9 Å². The van der Waals surface area contributed by atoms with Crippen molar-refractivity contribution in [1.29, 1.82) is 0 Å². The largest absolute Gasteiger partial charge is 0.492 e. The first-order chi connectivity index (χ1) is 10.2. The number of ether oxygens (including phenoxy) is 1. The topological polar surface area (TPSA) is 35.2 Å². The molecule has 0 radical (unpaired) electrons. The van der Waals surface area contributed by atoms with Gasteiger partial charge in [0.15, 0.2) is 0 Å². The van der Waals surface area contributed by atoms with Crippen LogP contribution in [-0.4, -0.2) is 13.2 Å².